The highest BCUT2D eigenvalue weighted by Crippen LogP contribution is 2.18. The second kappa shape index (κ2) is 5.31. The highest BCUT2D eigenvalue weighted by molar-refractivity contribution is 6.00. The van der Waals surface area contributed by atoms with Gasteiger partial charge in [-0.2, -0.15) is 0 Å². The Kier molecular flexibility index (Phi) is 3.77. The van der Waals surface area contributed by atoms with Crippen LogP contribution in [-0.2, 0) is 0 Å². The second-order valence-electron chi connectivity index (χ2n) is 4.71. The Labute approximate surface area is 107 Å². The molecule has 0 spiro atoms. The minimum absolute atomic E-state index is 0.111. The molecule has 0 aliphatic rings. The summed E-state index contributed by atoms with van der Waals surface area (Å²) in [6.45, 7) is 7.35. The topological polar surface area (TPSA) is 57.8 Å². The third kappa shape index (κ3) is 2.59. The Balaban J connectivity index is 2.29. The molecule has 1 heterocycles. The van der Waals surface area contributed by atoms with Crippen LogP contribution in [0, 0.1) is 0 Å². The number of benzene rings is 1. The fourth-order valence-electron chi connectivity index (χ4n) is 1.82. The molecule has 0 bridgehead atoms. The molecule has 0 atom stereocenters. The van der Waals surface area contributed by atoms with Crippen LogP contribution in [0.1, 0.15) is 42.9 Å². The summed E-state index contributed by atoms with van der Waals surface area (Å²) in [5.74, 6) is 1.43. The Morgan fingerprint density at radius 1 is 1.44 bits per heavy atom. The summed E-state index contributed by atoms with van der Waals surface area (Å²) in [6.07, 6.45) is 0. The van der Waals surface area contributed by atoms with Gasteiger partial charge in [0.25, 0.3) is 0 Å². The molecule has 2 rings (SSSR count). The van der Waals surface area contributed by atoms with Gasteiger partial charge in [0.1, 0.15) is 5.82 Å². The van der Waals surface area contributed by atoms with Crippen LogP contribution < -0.4 is 5.32 Å². The normalized spacial score (nSPS) is 11.3. The number of nitrogens with one attached hydrogen (secondary N) is 2. The van der Waals surface area contributed by atoms with Gasteiger partial charge in [-0.25, -0.2) is 4.98 Å². The summed E-state index contributed by atoms with van der Waals surface area (Å²) in [4.78, 5) is 19.6. The quantitative estimate of drug-likeness (QED) is 0.796. The molecule has 4 nitrogen and oxygen atoms in total. The maximum absolute atomic E-state index is 11.9. The van der Waals surface area contributed by atoms with Crippen LogP contribution in [0.3, 0.4) is 0 Å². The van der Waals surface area contributed by atoms with E-state index in [4.69, 9.17) is 0 Å². The summed E-state index contributed by atoms with van der Waals surface area (Å²) >= 11 is 0. The molecule has 0 saturated carbocycles. The lowest BCUT2D eigenvalue weighted by molar-refractivity contribution is 0.0992. The maximum Gasteiger partial charge on any atom is 0.176 e. The monoisotopic (exact) mass is 245 g/mol. The molecule has 96 valence electrons. The summed E-state index contributed by atoms with van der Waals surface area (Å²) in [6, 6.07) is 5.62. The number of fused-ring (bicyclic) bond motifs is 1. The zero-order chi connectivity index (χ0) is 13.1. The van der Waals surface area contributed by atoms with Crippen molar-refractivity contribution in [1.82, 2.24) is 15.3 Å². The van der Waals surface area contributed by atoms with Crippen LogP contribution in [0.2, 0.25) is 0 Å². The number of ketones is 1. The van der Waals surface area contributed by atoms with Crippen molar-refractivity contribution in [2.45, 2.75) is 26.7 Å². The average Bonchev–Trinajstić information content (AvgIpc) is 2.78. The Morgan fingerprint density at radius 2 is 2.22 bits per heavy atom. The van der Waals surface area contributed by atoms with Gasteiger partial charge in [-0.1, -0.05) is 20.8 Å². The predicted octanol–water partition coefficient (Wildman–Crippen LogP) is 2.48. The molecule has 0 radical (unpaired) electrons. The van der Waals surface area contributed by atoms with Crippen molar-refractivity contribution >= 4 is 16.8 Å². The fraction of sp³-hybridized carbons (Fsp3) is 0.429. The first-order chi connectivity index (χ1) is 8.61. The van der Waals surface area contributed by atoms with Crippen LogP contribution in [0.5, 0.6) is 0 Å². The van der Waals surface area contributed by atoms with Gasteiger partial charge < -0.3 is 10.3 Å². The zero-order valence-electron chi connectivity index (χ0n) is 11.1. The minimum Gasteiger partial charge on any atom is -0.342 e. The highest BCUT2D eigenvalue weighted by Gasteiger charge is 2.10. The van der Waals surface area contributed by atoms with Crippen molar-refractivity contribution in [2.24, 2.45) is 0 Å². The molecule has 4 heteroatoms. The molecule has 18 heavy (non-hydrogen) atoms. The van der Waals surface area contributed by atoms with E-state index < -0.39 is 0 Å². The molecule has 0 aliphatic heterocycles. The van der Waals surface area contributed by atoms with Gasteiger partial charge in [0.05, 0.1) is 17.6 Å². The van der Waals surface area contributed by atoms with Crippen LogP contribution in [0.15, 0.2) is 18.2 Å². The molecular formula is C14H19N3O. The van der Waals surface area contributed by atoms with E-state index in [-0.39, 0.29) is 5.78 Å². The molecule has 2 aromatic rings. The fourth-order valence-corrected chi connectivity index (χ4v) is 1.82. The Bertz CT molecular complexity index is 557. The van der Waals surface area contributed by atoms with Gasteiger partial charge in [-0.15, -0.1) is 0 Å². The number of carbonyl (C=O) groups is 1. The van der Waals surface area contributed by atoms with Crippen LogP contribution in [0.25, 0.3) is 11.0 Å². The molecule has 2 N–H and O–H groups in total. The lowest BCUT2D eigenvalue weighted by Crippen LogP contribution is -2.22. The lowest BCUT2D eigenvalue weighted by Gasteiger charge is -2.01. The summed E-state index contributed by atoms with van der Waals surface area (Å²) in [5.41, 5.74) is 2.57. The number of hydrogen-bond donors (Lipinski definition) is 2. The molecule has 0 aliphatic carbocycles. The molecule has 0 saturated heterocycles. The van der Waals surface area contributed by atoms with Crippen molar-refractivity contribution < 1.29 is 4.79 Å². The van der Waals surface area contributed by atoms with E-state index in [9.17, 15) is 4.79 Å². The Morgan fingerprint density at radius 3 is 2.89 bits per heavy atom. The predicted molar refractivity (Wildman–Crippen MR) is 73.1 cm³/mol. The summed E-state index contributed by atoms with van der Waals surface area (Å²) in [7, 11) is 0. The summed E-state index contributed by atoms with van der Waals surface area (Å²) < 4.78 is 0. The number of imidazole rings is 1. The standard InChI is InChI=1S/C14H19N3O/c1-4-15-8-13(18)10-5-6-11-12(7-10)17-14(16-11)9(2)3/h5-7,9,15H,4,8H2,1-3H3,(H,16,17). The van der Waals surface area contributed by atoms with Crippen molar-refractivity contribution in [2.75, 3.05) is 13.1 Å². The number of Topliss-reactive ketones (excluding diaryl/α,β-unsaturated/α-hetero) is 1. The minimum atomic E-state index is 0.111. The molecule has 0 amide bonds. The first-order valence-electron chi connectivity index (χ1n) is 6.35. The van der Waals surface area contributed by atoms with Gasteiger partial charge in [-0.05, 0) is 24.7 Å². The van der Waals surface area contributed by atoms with Gasteiger partial charge in [0.15, 0.2) is 5.78 Å². The smallest absolute Gasteiger partial charge is 0.176 e. The van der Waals surface area contributed by atoms with E-state index in [1.165, 1.54) is 0 Å². The summed E-state index contributed by atoms with van der Waals surface area (Å²) in [5, 5.41) is 3.04. The van der Waals surface area contributed by atoms with Crippen molar-refractivity contribution in [3.63, 3.8) is 0 Å². The molecule has 1 aromatic carbocycles. The van der Waals surface area contributed by atoms with Crippen molar-refractivity contribution in [3.8, 4) is 0 Å². The number of H-pyrrole nitrogens is 1. The maximum atomic E-state index is 11.9. The first kappa shape index (κ1) is 12.8. The van der Waals surface area contributed by atoms with E-state index in [0.29, 0.717) is 12.5 Å². The molecule has 0 fully saturated rings. The number of carbonyl (C=O) groups excluding carboxylic acids is 1. The van der Waals surface area contributed by atoms with Crippen molar-refractivity contribution in [1.29, 1.82) is 0 Å². The van der Waals surface area contributed by atoms with E-state index in [1.54, 1.807) is 0 Å². The van der Waals surface area contributed by atoms with Gasteiger partial charge >= 0.3 is 0 Å². The van der Waals surface area contributed by atoms with E-state index in [2.05, 4.69) is 29.1 Å². The number of nitrogens with zero attached hydrogens (tertiary/aromatic N) is 1. The van der Waals surface area contributed by atoms with Crippen LogP contribution in [0.4, 0.5) is 0 Å². The second-order valence-corrected chi connectivity index (χ2v) is 4.71. The molecule has 1 aromatic heterocycles. The third-order valence-electron chi connectivity index (χ3n) is 2.90. The SMILES string of the molecule is CCNCC(=O)c1ccc2nc(C(C)C)[nH]c2c1. The average molecular weight is 245 g/mol. The van der Waals surface area contributed by atoms with E-state index in [1.807, 2.05) is 25.1 Å². The van der Waals surface area contributed by atoms with Crippen molar-refractivity contribution in [3.05, 3.63) is 29.6 Å². The van der Waals surface area contributed by atoms with Gasteiger partial charge in [-0.3, -0.25) is 4.79 Å². The van der Waals surface area contributed by atoms with Gasteiger partial charge in [0, 0.05) is 11.5 Å². The molecule has 0 unspecified atom stereocenters. The van der Waals surface area contributed by atoms with Crippen LogP contribution >= 0.6 is 0 Å². The number of aromatic nitrogens is 2. The molecular weight excluding hydrogens is 226 g/mol. The first-order valence-corrected chi connectivity index (χ1v) is 6.35. The number of rotatable bonds is 5. The third-order valence-corrected chi connectivity index (χ3v) is 2.90. The number of aromatic amines is 1. The zero-order valence-corrected chi connectivity index (χ0v) is 11.1. The largest absolute Gasteiger partial charge is 0.342 e. The van der Waals surface area contributed by atoms with E-state index >= 15 is 0 Å². The van der Waals surface area contributed by atoms with Gasteiger partial charge in [0.2, 0.25) is 0 Å². The number of likely N-dealkylation sites (N-methyl/N-ethyl adjacent to an activating group) is 1. The number of hydrogen-bond acceptors (Lipinski definition) is 3. The van der Waals surface area contributed by atoms with Crippen LogP contribution in [-0.4, -0.2) is 28.8 Å². The van der Waals surface area contributed by atoms with E-state index in [0.717, 1.165) is 29.0 Å². The lowest BCUT2D eigenvalue weighted by atomic mass is 10.1. The Hall–Kier alpha value is -1.68. The highest BCUT2D eigenvalue weighted by atomic mass is 16.1.